The Balaban J connectivity index is 1.30. The van der Waals surface area contributed by atoms with Crippen molar-refractivity contribution in [2.75, 3.05) is 6.61 Å². The van der Waals surface area contributed by atoms with E-state index in [9.17, 15) is 19.5 Å². The number of aromatic carboxylic acids is 1. The van der Waals surface area contributed by atoms with Gasteiger partial charge in [-0.25, -0.2) is 14.4 Å². The number of nitrogens with zero attached hydrogens (tertiary/aromatic N) is 1. The van der Waals surface area contributed by atoms with E-state index >= 15 is 0 Å². The maximum absolute atomic E-state index is 13.7. The van der Waals surface area contributed by atoms with Crippen molar-refractivity contribution in [2.24, 2.45) is 0 Å². The van der Waals surface area contributed by atoms with Crippen molar-refractivity contribution in [2.45, 2.75) is 83.5 Å². The highest BCUT2D eigenvalue weighted by molar-refractivity contribution is 5.86. The average molecular weight is 575 g/mol. The lowest BCUT2D eigenvalue weighted by Gasteiger charge is -2.36. The Morgan fingerprint density at radius 2 is 1.57 bits per heavy atom. The van der Waals surface area contributed by atoms with E-state index in [0.29, 0.717) is 37.0 Å². The molecule has 2 aliphatic rings. The van der Waals surface area contributed by atoms with E-state index in [0.717, 1.165) is 22.3 Å². The van der Waals surface area contributed by atoms with E-state index in [1.807, 2.05) is 45.0 Å². The van der Waals surface area contributed by atoms with Gasteiger partial charge in [-0.3, -0.25) is 4.90 Å². The summed E-state index contributed by atoms with van der Waals surface area (Å²) in [5.74, 6) is -0.989. The molecule has 9 heteroatoms. The molecule has 5 rings (SSSR count). The van der Waals surface area contributed by atoms with Crippen molar-refractivity contribution in [3.05, 3.63) is 82.8 Å². The van der Waals surface area contributed by atoms with Gasteiger partial charge in [0.05, 0.1) is 6.54 Å². The largest absolute Gasteiger partial charge is 0.475 e. The third-order valence-corrected chi connectivity index (χ3v) is 7.92. The van der Waals surface area contributed by atoms with Gasteiger partial charge in [0, 0.05) is 23.6 Å². The zero-order valence-electron chi connectivity index (χ0n) is 24.5. The van der Waals surface area contributed by atoms with Crippen LogP contribution in [0.25, 0.3) is 11.1 Å². The molecule has 1 heterocycles. The van der Waals surface area contributed by atoms with Gasteiger partial charge in [0.2, 0.25) is 5.76 Å². The van der Waals surface area contributed by atoms with Gasteiger partial charge in [-0.15, -0.1) is 0 Å². The predicted molar refractivity (Wildman–Crippen MR) is 156 cm³/mol. The van der Waals surface area contributed by atoms with Crippen LogP contribution in [0.4, 0.5) is 9.59 Å². The molecular weight excluding hydrogens is 536 g/mol. The number of carboxylic acids is 1. The number of carbonyl (C=O) groups is 3. The summed E-state index contributed by atoms with van der Waals surface area (Å²) in [6.07, 6.45) is 1.66. The molecule has 0 spiro atoms. The third kappa shape index (κ3) is 6.45. The second-order valence-electron chi connectivity index (χ2n) is 12.1. The van der Waals surface area contributed by atoms with Gasteiger partial charge in [-0.1, -0.05) is 48.5 Å². The molecule has 1 fully saturated rings. The van der Waals surface area contributed by atoms with Crippen molar-refractivity contribution in [3.8, 4) is 11.1 Å². The molecule has 0 bridgehead atoms. The molecule has 9 nitrogen and oxygen atoms in total. The number of fused-ring (bicyclic) bond motifs is 3. The lowest BCUT2D eigenvalue weighted by Crippen LogP contribution is -2.47. The molecule has 0 atom stereocenters. The number of benzene rings is 2. The topological polar surface area (TPSA) is 118 Å². The molecule has 222 valence electrons. The Morgan fingerprint density at radius 3 is 2.12 bits per heavy atom. The average Bonchev–Trinajstić information content (AvgIpc) is 3.47. The number of rotatable bonds is 7. The molecule has 2 aliphatic carbocycles. The minimum absolute atomic E-state index is 0.0649. The fraction of sp³-hybridized carbons (Fsp3) is 0.424. The highest BCUT2D eigenvalue weighted by Gasteiger charge is 2.34. The SMILES string of the molecule is Cc1cc(CN(C(=O)OCC2c3ccccc3-c3ccccc32)C2CCC(NC(=O)OC(C)(C)C)CC2)oc1C(=O)O. The van der Waals surface area contributed by atoms with Crippen LogP contribution in [0.5, 0.6) is 0 Å². The molecule has 1 aromatic heterocycles. The van der Waals surface area contributed by atoms with Crippen LogP contribution in [-0.2, 0) is 16.0 Å². The Morgan fingerprint density at radius 1 is 0.976 bits per heavy atom. The molecule has 42 heavy (non-hydrogen) atoms. The summed E-state index contributed by atoms with van der Waals surface area (Å²) in [5, 5.41) is 12.4. The van der Waals surface area contributed by atoms with Gasteiger partial charge in [0.15, 0.2) is 0 Å². The van der Waals surface area contributed by atoms with Gasteiger partial charge >= 0.3 is 18.2 Å². The maximum Gasteiger partial charge on any atom is 0.410 e. The fourth-order valence-electron chi connectivity index (χ4n) is 6.03. The summed E-state index contributed by atoms with van der Waals surface area (Å²) >= 11 is 0. The molecule has 2 amide bonds. The van der Waals surface area contributed by atoms with Crippen molar-refractivity contribution in [1.82, 2.24) is 10.2 Å². The van der Waals surface area contributed by atoms with Gasteiger partial charge in [0.1, 0.15) is 18.0 Å². The van der Waals surface area contributed by atoms with Crippen LogP contribution in [-0.4, -0.2) is 52.5 Å². The van der Waals surface area contributed by atoms with E-state index in [1.54, 1.807) is 17.9 Å². The summed E-state index contributed by atoms with van der Waals surface area (Å²) in [4.78, 5) is 39.2. The Kier molecular flexibility index (Phi) is 8.29. The first kappa shape index (κ1) is 29.2. The molecule has 0 saturated heterocycles. The first-order valence-corrected chi connectivity index (χ1v) is 14.4. The summed E-state index contributed by atoms with van der Waals surface area (Å²) in [6.45, 7) is 7.39. The summed E-state index contributed by atoms with van der Waals surface area (Å²) < 4.78 is 17.0. The van der Waals surface area contributed by atoms with Crippen molar-refractivity contribution in [1.29, 1.82) is 0 Å². The minimum atomic E-state index is -1.15. The molecule has 2 N–H and O–H groups in total. The molecule has 0 radical (unpaired) electrons. The van der Waals surface area contributed by atoms with Crippen LogP contribution in [0.15, 0.2) is 59.0 Å². The van der Waals surface area contributed by atoms with Crippen LogP contribution in [0, 0.1) is 6.92 Å². The second-order valence-corrected chi connectivity index (χ2v) is 12.1. The number of nitrogens with one attached hydrogen (secondary N) is 1. The molecule has 3 aromatic rings. The quantitative estimate of drug-likeness (QED) is 0.316. The smallest absolute Gasteiger partial charge is 0.410 e. The number of hydrogen-bond acceptors (Lipinski definition) is 6. The van der Waals surface area contributed by atoms with Gasteiger partial charge in [-0.2, -0.15) is 0 Å². The van der Waals surface area contributed by atoms with Crippen molar-refractivity contribution >= 4 is 18.2 Å². The number of furan rings is 1. The standard InChI is InChI=1S/C33H38N2O7/c1-20-17-23(41-29(20)30(36)37)18-35(22-15-13-21(14-16-22)34-31(38)42-33(2,3)4)32(39)40-19-28-26-11-7-5-9-24(26)25-10-6-8-12-27(25)28/h5-12,17,21-22,28H,13-16,18-19H2,1-4H3,(H,34,38)(H,36,37). The van der Waals surface area contributed by atoms with E-state index in [1.165, 1.54) is 0 Å². The zero-order valence-corrected chi connectivity index (χ0v) is 24.5. The number of hydrogen-bond donors (Lipinski definition) is 2. The summed E-state index contributed by atoms with van der Waals surface area (Å²) in [5.41, 5.74) is 4.45. The number of carboxylic acid groups (broad SMARTS) is 1. The first-order chi connectivity index (χ1) is 20.0. The van der Waals surface area contributed by atoms with Crippen LogP contribution in [0.3, 0.4) is 0 Å². The van der Waals surface area contributed by atoms with Gasteiger partial charge in [0.25, 0.3) is 0 Å². The third-order valence-electron chi connectivity index (χ3n) is 7.92. The van der Waals surface area contributed by atoms with Gasteiger partial charge < -0.3 is 24.3 Å². The summed E-state index contributed by atoms with van der Waals surface area (Å²) in [6, 6.07) is 17.8. The first-order valence-electron chi connectivity index (χ1n) is 14.4. The van der Waals surface area contributed by atoms with E-state index in [-0.39, 0.29) is 36.9 Å². The highest BCUT2D eigenvalue weighted by atomic mass is 16.6. The Bertz CT molecular complexity index is 1420. The number of ether oxygens (including phenoxy) is 2. The zero-order chi connectivity index (χ0) is 30.0. The number of amides is 2. The van der Waals surface area contributed by atoms with Crippen molar-refractivity contribution < 1.29 is 33.4 Å². The Labute approximate surface area is 245 Å². The minimum Gasteiger partial charge on any atom is -0.475 e. The van der Waals surface area contributed by atoms with E-state index in [2.05, 4.69) is 29.6 Å². The van der Waals surface area contributed by atoms with Crippen LogP contribution in [0.2, 0.25) is 0 Å². The van der Waals surface area contributed by atoms with Crippen LogP contribution >= 0.6 is 0 Å². The molecule has 2 aromatic carbocycles. The van der Waals surface area contributed by atoms with E-state index < -0.39 is 23.8 Å². The number of carbonyl (C=O) groups excluding carboxylic acids is 2. The lowest BCUT2D eigenvalue weighted by molar-refractivity contribution is 0.0447. The normalized spacial score (nSPS) is 18.1. The van der Waals surface area contributed by atoms with Crippen LogP contribution in [0.1, 0.15) is 85.4 Å². The monoisotopic (exact) mass is 574 g/mol. The molecule has 0 unspecified atom stereocenters. The molecule has 0 aliphatic heterocycles. The van der Waals surface area contributed by atoms with Crippen LogP contribution < -0.4 is 5.32 Å². The second kappa shape index (κ2) is 11.9. The summed E-state index contributed by atoms with van der Waals surface area (Å²) in [7, 11) is 0. The maximum atomic E-state index is 13.7. The number of alkyl carbamates (subject to hydrolysis) is 1. The predicted octanol–water partition coefficient (Wildman–Crippen LogP) is 6.87. The highest BCUT2D eigenvalue weighted by Crippen LogP contribution is 2.44. The van der Waals surface area contributed by atoms with E-state index in [4.69, 9.17) is 13.9 Å². The Hall–Kier alpha value is -4.27. The van der Waals surface area contributed by atoms with Crippen molar-refractivity contribution in [3.63, 3.8) is 0 Å². The fourth-order valence-corrected chi connectivity index (χ4v) is 6.03. The molecule has 1 saturated carbocycles. The lowest BCUT2D eigenvalue weighted by atomic mass is 9.90. The van der Waals surface area contributed by atoms with Gasteiger partial charge in [-0.05, 0) is 81.7 Å². The molecular formula is C33H38N2O7. The number of aryl methyl sites for hydroxylation is 1.